The highest BCUT2D eigenvalue weighted by Gasteiger charge is 2.33. The molecule has 8 heteroatoms. The Morgan fingerprint density at radius 1 is 1.18 bits per heavy atom. The largest absolute Gasteiger partial charge is 0.491 e. The molecule has 34 heavy (non-hydrogen) atoms. The van der Waals surface area contributed by atoms with Gasteiger partial charge in [-0.15, -0.1) is 0 Å². The van der Waals surface area contributed by atoms with Gasteiger partial charge in [-0.1, -0.05) is 47.2 Å². The number of carbonyl (C=O) groups is 1. The highest BCUT2D eigenvalue weighted by Crippen LogP contribution is 2.31. The van der Waals surface area contributed by atoms with Gasteiger partial charge in [0.25, 0.3) is 5.56 Å². The van der Waals surface area contributed by atoms with E-state index < -0.39 is 12.0 Å². The van der Waals surface area contributed by atoms with E-state index in [1.165, 1.54) is 11.3 Å². The van der Waals surface area contributed by atoms with Crippen molar-refractivity contribution in [2.75, 3.05) is 6.61 Å². The molecule has 0 amide bonds. The van der Waals surface area contributed by atoms with Gasteiger partial charge in [-0.05, 0) is 69.2 Å². The minimum atomic E-state index is -0.657. The van der Waals surface area contributed by atoms with Gasteiger partial charge in [0.2, 0.25) is 0 Å². The maximum atomic E-state index is 13.6. The van der Waals surface area contributed by atoms with Crippen LogP contribution in [0.3, 0.4) is 0 Å². The lowest BCUT2D eigenvalue weighted by Gasteiger charge is -2.25. The molecule has 176 valence electrons. The molecule has 0 unspecified atom stereocenters. The van der Waals surface area contributed by atoms with Crippen LogP contribution in [0.4, 0.5) is 0 Å². The highest BCUT2D eigenvalue weighted by molar-refractivity contribution is 7.07. The van der Waals surface area contributed by atoms with Crippen LogP contribution in [-0.4, -0.2) is 23.2 Å². The van der Waals surface area contributed by atoms with Gasteiger partial charge in [-0.2, -0.15) is 0 Å². The lowest BCUT2D eigenvalue weighted by molar-refractivity contribution is -0.139. The molecule has 0 N–H and O–H groups in total. The molecule has 1 atom stereocenters. The molecular weight excluding hydrogens is 472 g/mol. The van der Waals surface area contributed by atoms with Crippen molar-refractivity contribution in [3.63, 3.8) is 0 Å². The SMILES string of the molecule is CCOC(=O)C1=C(C)N=c2s/c(=C\c3ccc(Cl)cc3)c(=O)n2[C@@H]1c1ccc(OC(C)C)cc1. The third kappa shape index (κ3) is 4.86. The molecule has 0 saturated carbocycles. The van der Waals surface area contributed by atoms with Crippen LogP contribution in [0.25, 0.3) is 6.08 Å². The van der Waals surface area contributed by atoms with Gasteiger partial charge in [-0.3, -0.25) is 9.36 Å². The van der Waals surface area contributed by atoms with Crippen LogP contribution in [0.1, 0.15) is 44.9 Å². The Hall–Kier alpha value is -3.16. The number of halogens is 1. The van der Waals surface area contributed by atoms with Crippen LogP contribution in [0.2, 0.25) is 5.02 Å². The molecule has 0 fully saturated rings. The number of nitrogens with zero attached hydrogens (tertiary/aromatic N) is 2. The second-order valence-corrected chi connectivity index (χ2v) is 9.54. The van der Waals surface area contributed by atoms with Crippen LogP contribution >= 0.6 is 22.9 Å². The number of thiazole rings is 1. The van der Waals surface area contributed by atoms with Gasteiger partial charge >= 0.3 is 5.97 Å². The number of aromatic nitrogens is 1. The fraction of sp³-hybridized carbons (Fsp3) is 0.269. The van der Waals surface area contributed by atoms with E-state index in [9.17, 15) is 9.59 Å². The molecule has 6 nitrogen and oxygen atoms in total. The molecule has 3 aromatic rings. The summed E-state index contributed by atoms with van der Waals surface area (Å²) in [6.07, 6.45) is 1.84. The van der Waals surface area contributed by atoms with E-state index >= 15 is 0 Å². The molecule has 1 aliphatic rings. The van der Waals surface area contributed by atoms with E-state index in [-0.39, 0.29) is 18.3 Å². The molecule has 0 spiro atoms. The van der Waals surface area contributed by atoms with Crippen LogP contribution < -0.4 is 19.6 Å². The van der Waals surface area contributed by atoms with Gasteiger partial charge in [0, 0.05) is 5.02 Å². The number of esters is 1. The third-order valence-corrected chi connectivity index (χ3v) is 6.49. The first-order valence-electron chi connectivity index (χ1n) is 11.0. The van der Waals surface area contributed by atoms with Gasteiger partial charge in [0.1, 0.15) is 5.75 Å². The summed E-state index contributed by atoms with van der Waals surface area (Å²) in [5.74, 6) is 0.232. The fourth-order valence-electron chi connectivity index (χ4n) is 3.82. The Morgan fingerprint density at radius 2 is 1.85 bits per heavy atom. The van der Waals surface area contributed by atoms with E-state index in [2.05, 4.69) is 4.99 Å². The second kappa shape index (κ2) is 9.99. The monoisotopic (exact) mass is 496 g/mol. The predicted molar refractivity (Wildman–Crippen MR) is 134 cm³/mol. The Labute approximate surface area is 206 Å². The van der Waals surface area contributed by atoms with E-state index in [4.69, 9.17) is 21.1 Å². The summed E-state index contributed by atoms with van der Waals surface area (Å²) in [7, 11) is 0. The summed E-state index contributed by atoms with van der Waals surface area (Å²) < 4.78 is 13.2. The van der Waals surface area contributed by atoms with Crippen molar-refractivity contribution in [2.45, 2.75) is 39.8 Å². The van der Waals surface area contributed by atoms with Crippen molar-refractivity contribution in [3.8, 4) is 5.75 Å². The Kier molecular flexibility index (Phi) is 7.05. The lowest BCUT2D eigenvalue weighted by Crippen LogP contribution is -2.39. The Balaban J connectivity index is 1.89. The topological polar surface area (TPSA) is 69.9 Å². The van der Waals surface area contributed by atoms with Gasteiger partial charge < -0.3 is 9.47 Å². The van der Waals surface area contributed by atoms with Crippen LogP contribution in [0.15, 0.2) is 69.6 Å². The number of allylic oxidation sites excluding steroid dienone is 1. The number of ether oxygens (including phenoxy) is 2. The van der Waals surface area contributed by atoms with Crippen molar-refractivity contribution in [1.29, 1.82) is 0 Å². The zero-order chi connectivity index (χ0) is 24.4. The van der Waals surface area contributed by atoms with E-state index in [0.717, 1.165) is 11.1 Å². The molecule has 0 aliphatic carbocycles. The van der Waals surface area contributed by atoms with Crippen LogP contribution in [0.5, 0.6) is 5.75 Å². The first-order chi connectivity index (χ1) is 16.3. The molecular formula is C26H25ClN2O4S. The summed E-state index contributed by atoms with van der Waals surface area (Å²) in [5.41, 5.74) is 2.28. The number of hydrogen-bond donors (Lipinski definition) is 0. The Morgan fingerprint density at radius 3 is 2.47 bits per heavy atom. The molecule has 0 saturated heterocycles. The zero-order valence-corrected chi connectivity index (χ0v) is 20.9. The molecule has 2 aromatic carbocycles. The van der Waals surface area contributed by atoms with Crippen molar-refractivity contribution < 1.29 is 14.3 Å². The average molecular weight is 497 g/mol. The summed E-state index contributed by atoms with van der Waals surface area (Å²) in [6, 6.07) is 14.0. The first kappa shape index (κ1) is 24.0. The summed E-state index contributed by atoms with van der Waals surface area (Å²) in [5, 5.41) is 0.623. The third-order valence-electron chi connectivity index (χ3n) is 5.25. The van der Waals surface area contributed by atoms with Crippen molar-refractivity contribution in [2.24, 2.45) is 4.99 Å². The second-order valence-electron chi connectivity index (χ2n) is 8.09. The number of rotatable bonds is 6. The van der Waals surface area contributed by atoms with E-state index in [1.807, 2.05) is 50.2 Å². The van der Waals surface area contributed by atoms with Crippen LogP contribution in [0, 0.1) is 0 Å². The van der Waals surface area contributed by atoms with Crippen molar-refractivity contribution in [3.05, 3.63) is 95.6 Å². The van der Waals surface area contributed by atoms with Crippen molar-refractivity contribution >= 4 is 35.0 Å². The van der Waals surface area contributed by atoms with Gasteiger partial charge in [-0.25, -0.2) is 9.79 Å². The standard InChI is InChI=1S/C26H25ClN2O4S/c1-5-32-25(31)22-16(4)28-26-29(23(22)18-8-12-20(13-9-18)33-15(2)3)24(30)21(34-26)14-17-6-10-19(27)11-7-17/h6-15,23H,5H2,1-4H3/b21-14-/t23-/m1/s1. The Bertz CT molecular complexity index is 1420. The average Bonchev–Trinajstić information content (AvgIpc) is 3.09. The summed E-state index contributed by atoms with van der Waals surface area (Å²) in [6.45, 7) is 7.66. The minimum Gasteiger partial charge on any atom is -0.491 e. The van der Waals surface area contributed by atoms with E-state index in [1.54, 1.807) is 36.6 Å². The minimum absolute atomic E-state index is 0.0358. The smallest absolute Gasteiger partial charge is 0.338 e. The number of fused-ring (bicyclic) bond motifs is 1. The fourth-order valence-corrected chi connectivity index (χ4v) is 4.99. The predicted octanol–water partition coefficient (Wildman–Crippen LogP) is 4.24. The normalized spacial score (nSPS) is 15.8. The molecule has 0 radical (unpaired) electrons. The van der Waals surface area contributed by atoms with Crippen molar-refractivity contribution in [1.82, 2.24) is 4.57 Å². The quantitative estimate of drug-likeness (QED) is 0.479. The lowest BCUT2D eigenvalue weighted by atomic mass is 9.96. The molecule has 1 aliphatic heterocycles. The maximum absolute atomic E-state index is 13.6. The van der Waals surface area contributed by atoms with Gasteiger partial charge in [0.15, 0.2) is 4.80 Å². The molecule has 0 bridgehead atoms. The number of hydrogen-bond acceptors (Lipinski definition) is 6. The number of benzene rings is 2. The summed E-state index contributed by atoms with van der Waals surface area (Å²) >= 11 is 7.28. The molecule has 4 rings (SSSR count). The molecule has 2 heterocycles. The zero-order valence-electron chi connectivity index (χ0n) is 19.4. The van der Waals surface area contributed by atoms with E-state index in [0.29, 0.717) is 31.4 Å². The van der Waals surface area contributed by atoms with Gasteiger partial charge in [0.05, 0.1) is 34.6 Å². The van der Waals surface area contributed by atoms with Crippen LogP contribution in [-0.2, 0) is 9.53 Å². The first-order valence-corrected chi connectivity index (χ1v) is 12.2. The number of carbonyl (C=O) groups excluding carboxylic acids is 1. The summed E-state index contributed by atoms with van der Waals surface area (Å²) in [4.78, 5) is 31.7. The maximum Gasteiger partial charge on any atom is 0.338 e. The highest BCUT2D eigenvalue weighted by atomic mass is 35.5. The molecule has 1 aromatic heterocycles.